The number of hydrogen-bond acceptors (Lipinski definition) is 3. The Balaban J connectivity index is 1.51. The number of imidazole rings is 1. The summed E-state index contributed by atoms with van der Waals surface area (Å²) in [5.74, 6) is 0. The van der Waals surface area contributed by atoms with Crippen LogP contribution in [0.3, 0.4) is 0 Å². The Hall–Kier alpha value is -2.34. The Morgan fingerprint density at radius 2 is 2.04 bits per heavy atom. The van der Waals surface area contributed by atoms with E-state index in [1.165, 1.54) is 5.56 Å². The summed E-state index contributed by atoms with van der Waals surface area (Å²) in [4.78, 5) is 18.4. The maximum atomic E-state index is 12.5. The Labute approximate surface area is 148 Å². The van der Waals surface area contributed by atoms with Crippen LogP contribution in [0.1, 0.15) is 36.8 Å². The van der Waals surface area contributed by atoms with E-state index in [0.717, 1.165) is 37.9 Å². The summed E-state index contributed by atoms with van der Waals surface area (Å²) in [5.41, 5.74) is 2.28. The number of aliphatic hydroxyl groups is 1. The zero-order valence-corrected chi connectivity index (χ0v) is 14.5. The molecule has 1 aromatic heterocycles. The van der Waals surface area contributed by atoms with Crippen molar-refractivity contribution in [3.8, 4) is 0 Å². The Morgan fingerprint density at radius 3 is 2.76 bits per heavy atom. The van der Waals surface area contributed by atoms with Crippen molar-refractivity contribution in [2.24, 2.45) is 0 Å². The SMILES string of the molecule is O=C(NCc1ccc(Cn2ccnc2)cc1)N1CCCCC1CCO. The third-order valence-electron chi connectivity index (χ3n) is 4.74. The normalized spacial score (nSPS) is 17.5. The molecule has 1 unspecified atom stereocenters. The van der Waals surface area contributed by atoms with Crippen molar-refractivity contribution in [1.29, 1.82) is 0 Å². The number of urea groups is 1. The molecule has 1 saturated heterocycles. The van der Waals surface area contributed by atoms with E-state index in [0.29, 0.717) is 13.0 Å². The number of nitrogens with zero attached hydrogens (tertiary/aromatic N) is 3. The monoisotopic (exact) mass is 342 g/mol. The lowest BCUT2D eigenvalue weighted by atomic mass is 10.0. The number of likely N-dealkylation sites (tertiary alicyclic amines) is 1. The number of aromatic nitrogens is 2. The third kappa shape index (κ3) is 4.82. The number of amides is 2. The number of carbonyl (C=O) groups is 1. The summed E-state index contributed by atoms with van der Waals surface area (Å²) in [6.45, 7) is 2.23. The number of carbonyl (C=O) groups excluding carboxylic acids is 1. The van der Waals surface area contributed by atoms with Gasteiger partial charge in [0, 0.05) is 44.7 Å². The molecule has 1 aliphatic heterocycles. The van der Waals surface area contributed by atoms with E-state index in [1.807, 2.05) is 27.8 Å². The second kappa shape index (κ2) is 8.67. The highest BCUT2D eigenvalue weighted by molar-refractivity contribution is 5.74. The van der Waals surface area contributed by atoms with Crippen molar-refractivity contribution in [2.75, 3.05) is 13.2 Å². The van der Waals surface area contributed by atoms with Gasteiger partial charge in [0.05, 0.1) is 6.33 Å². The second-order valence-electron chi connectivity index (χ2n) is 6.57. The molecule has 2 heterocycles. The Morgan fingerprint density at radius 1 is 1.24 bits per heavy atom. The highest BCUT2D eigenvalue weighted by Crippen LogP contribution is 2.19. The van der Waals surface area contributed by atoms with Crippen molar-refractivity contribution in [3.05, 3.63) is 54.1 Å². The first-order valence-electron chi connectivity index (χ1n) is 8.95. The van der Waals surface area contributed by atoms with E-state index in [-0.39, 0.29) is 18.7 Å². The molecule has 0 saturated carbocycles. The third-order valence-corrected chi connectivity index (χ3v) is 4.74. The van der Waals surface area contributed by atoms with Crippen LogP contribution in [0, 0.1) is 0 Å². The number of piperidine rings is 1. The lowest BCUT2D eigenvalue weighted by Crippen LogP contribution is -2.48. The smallest absolute Gasteiger partial charge is 0.317 e. The van der Waals surface area contributed by atoms with Crippen LogP contribution in [0.25, 0.3) is 0 Å². The maximum Gasteiger partial charge on any atom is 0.317 e. The molecule has 1 atom stereocenters. The molecule has 1 fully saturated rings. The van der Waals surface area contributed by atoms with Crippen molar-refractivity contribution in [2.45, 2.75) is 44.8 Å². The van der Waals surface area contributed by atoms with Gasteiger partial charge in [0.1, 0.15) is 0 Å². The first kappa shape index (κ1) is 17.5. The highest BCUT2D eigenvalue weighted by Gasteiger charge is 2.25. The van der Waals surface area contributed by atoms with E-state index in [2.05, 4.69) is 22.4 Å². The van der Waals surface area contributed by atoms with E-state index in [1.54, 1.807) is 12.5 Å². The molecule has 0 bridgehead atoms. The van der Waals surface area contributed by atoms with Crippen LogP contribution in [0.4, 0.5) is 4.79 Å². The van der Waals surface area contributed by atoms with Gasteiger partial charge in [0.25, 0.3) is 0 Å². The molecule has 2 N–H and O–H groups in total. The van der Waals surface area contributed by atoms with E-state index < -0.39 is 0 Å². The number of aliphatic hydroxyl groups excluding tert-OH is 1. The molecular formula is C19H26N4O2. The average Bonchev–Trinajstić information content (AvgIpc) is 3.15. The maximum absolute atomic E-state index is 12.5. The fourth-order valence-electron chi connectivity index (χ4n) is 3.35. The van der Waals surface area contributed by atoms with Crippen LogP contribution in [-0.4, -0.2) is 44.8 Å². The predicted molar refractivity (Wildman–Crippen MR) is 96.1 cm³/mol. The molecule has 0 aliphatic carbocycles. The van der Waals surface area contributed by atoms with Crippen LogP contribution < -0.4 is 5.32 Å². The summed E-state index contributed by atoms with van der Waals surface area (Å²) in [7, 11) is 0. The quantitative estimate of drug-likeness (QED) is 0.847. The Kier molecular flexibility index (Phi) is 6.06. The van der Waals surface area contributed by atoms with Crippen LogP contribution in [0.15, 0.2) is 43.0 Å². The molecule has 0 radical (unpaired) electrons. The van der Waals surface area contributed by atoms with Gasteiger partial charge in [-0.05, 0) is 36.8 Å². The molecule has 6 heteroatoms. The lowest BCUT2D eigenvalue weighted by molar-refractivity contribution is 0.131. The first-order valence-corrected chi connectivity index (χ1v) is 8.95. The summed E-state index contributed by atoms with van der Waals surface area (Å²) < 4.78 is 2.02. The Bertz CT molecular complexity index is 653. The van der Waals surface area contributed by atoms with Crippen molar-refractivity contribution < 1.29 is 9.90 Å². The zero-order chi connectivity index (χ0) is 17.5. The summed E-state index contributed by atoms with van der Waals surface area (Å²) in [6.07, 6.45) is 9.33. The van der Waals surface area contributed by atoms with E-state index in [9.17, 15) is 9.90 Å². The summed E-state index contributed by atoms with van der Waals surface area (Å²) >= 11 is 0. The number of hydrogen-bond donors (Lipinski definition) is 2. The van der Waals surface area contributed by atoms with Gasteiger partial charge < -0.3 is 19.9 Å². The van der Waals surface area contributed by atoms with Crippen LogP contribution in [-0.2, 0) is 13.1 Å². The molecule has 2 amide bonds. The number of benzene rings is 1. The number of nitrogens with one attached hydrogen (secondary N) is 1. The van der Waals surface area contributed by atoms with Crippen molar-refractivity contribution in [1.82, 2.24) is 19.8 Å². The second-order valence-corrected chi connectivity index (χ2v) is 6.57. The molecule has 1 aromatic carbocycles. The standard InChI is InChI=1S/C19H26N4O2/c24-12-8-18-3-1-2-10-23(18)19(25)21-13-16-4-6-17(7-5-16)14-22-11-9-20-15-22/h4-7,9,11,15,18,24H,1-3,8,10,12-14H2,(H,21,25). The van der Waals surface area contributed by atoms with E-state index >= 15 is 0 Å². The van der Waals surface area contributed by atoms with E-state index in [4.69, 9.17) is 0 Å². The average molecular weight is 342 g/mol. The van der Waals surface area contributed by atoms with Crippen LogP contribution >= 0.6 is 0 Å². The van der Waals surface area contributed by atoms with Gasteiger partial charge in [0.15, 0.2) is 0 Å². The highest BCUT2D eigenvalue weighted by atomic mass is 16.3. The topological polar surface area (TPSA) is 70.4 Å². The minimum atomic E-state index is -0.0272. The lowest BCUT2D eigenvalue weighted by Gasteiger charge is -2.35. The fraction of sp³-hybridized carbons (Fsp3) is 0.474. The van der Waals surface area contributed by atoms with Gasteiger partial charge in [-0.2, -0.15) is 0 Å². The molecule has 25 heavy (non-hydrogen) atoms. The zero-order valence-electron chi connectivity index (χ0n) is 14.5. The molecule has 2 aromatic rings. The van der Waals surface area contributed by atoms with Gasteiger partial charge >= 0.3 is 6.03 Å². The van der Waals surface area contributed by atoms with Gasteiger partial charge in [-0.3, -0.25) is 0 Å². The van der Waals surface area contributed by atoms with Crippen LogP contribution in [0.5, 0.6) is 0 Å². The summed E-state index contributed by atoms with van der Waals surface area (Å²) in [6, 6.07) is 8.40. The minimum absolute atomic E-state index is 0.0272. The number of rotatable bonds is 6. The van der Waals surface area contributed by atoms with Gasteiger partial charge in [-0.25, -0.2) is 9.78 Å². The molecular weight excluding hydrogens is 316 g/mol. The molecule has 6 nitrogen and oxygen atoms in total. The minimum Gasteiger partial charge on any atom is -0.396 e. The largest absolute Gasteiger partial charge is 0.396 e. The predicted octanol–water partition coefficient (Wildman–Crippen LogP) is 2.38. The molecule has 134 valence electrons. The van der Waals surface area contributed by atoms with Gasteiger partial charge in [-0.1, -0.05) is 24.3 Å². The first-order chi connectivity index (χ1) is 12.3. The van der Waals surface area contributed by atoms with Crippen molar-refractivity contribution >= 4 is 6.03 Å². The van der Waals surface area contributed by atoms with Gasteiger partial charge in [-0.15, -0.1) is 0 Å². The molecule has 0 spiro atoms. The molecule has 1 aliphatic rings. The molecule has 3 rings (SSSR count). The van der Waals surface area contributed by atoms with Gasteiger partial charge in [0.2, 0.25) is 0 Å². The van der Waals surface area contributed by atoms with Crippen LogP contribution in [0.2, 0.25) is 0 Å². The fourth-order valence-corrected chi connectivity index (χ4v) is 3.35. The van der Waals surface area contributed by atoms with Crippen molar-refractivity contribution in [3.63, 3.8) is 0 Å². The summed E-state index contributed by atoms with van der Waals surface area (Å²) in [5, 5.41) is 12.2.